The van der Waals surface area contributed by atoms with Crippen LogP contribution in [0.15, 0.2) is 0 Å². The molecular weight excluding hydrogens is 177 g/mol. The van der Waals surface area contributed by atoms with Crippen molar-refractivity contribution < 1.29 is 18.1 Å². The first-order valence-corrected chi connectivity index (χ1v) is 2.84. The van der Waals surface area contributed by atoms with E-state index < -0.39 is 0 Å². The summed E-state index contributed by atoms with van der Waals surface area (Å²) >= 11 is 3.41. The summed E-state index contributed by atoms with van der Waals surface area (Å²) in [6.45, 7) is 5.13. The fourth-order valence-electron chi connectivity index (χ4n) is 0. The number of quaternary nitrogens is 1. The maximum absolute atomic E-state index is 3.71. The van der Waals surface area contributed by atoms with Gasteiger partial charge in [0.1, 0.15) is 0 Å². The molecular formula is C4H11BrClN. The summed E-state index contributed by atoms with van der Waals surface area (Å²) in [5.74, 6) is 0. The molecule has 0 atom stereocenters. The van der Waals surface area contributed by atoms with Crippen LogP contribution in [0.25, 0.3) is 0 Å². The Labute approximate surface area is 59.2 Å². The normalized spacial score (nSPS) is 10.3. The molecule has 0 aliphatic heterocycles. The van der Waals surface area contributed by atoms with E-state index in [1.54, 1.807) is 0 Å². The Morgan fingerprint density at radius 2 is 1.71 bits per heavy atom. The first-order valence-electron chi connectivity index (χ1n) is 2.04. The van der Waals surface area contributed by atoms with E-state index in [9.17, 15) is 0 Å². The van der Waals surface area contributed by atoms with Crippen LogP contribution < -0.4 is 18.1 Å². The Morgan fingerprint density at radius 3 is 1.71 bits per heavy atom. The van der Waals surface area contributed by atoms with E-state index in [-0.39, 0.29) is 16.7 Å². The molecule has 7 heavy (non-hydrogen) atoms. The Balaban J connectivity index is 0. The van der Waals surface area contributed by atoms with Crippen molar-refractivity contribution in [3.8, 4) is 0 Å². The molecule has 3 N–H and O–H groups in total. The molecule has 0 aromatic carbocycles. The Morgan fingerprint density at radius 1 is 1.57 bits per heavy atom. The third-order valence-corrected chi connectivity index (χ3v) is 0.991. The van der Waals surface area contributed by atoms with Crippen molar-refractivity contribution in [3.63, 3.8) is 0 Å². The smallest absolute Gasteiger partial charge is 0.0890 e. The molecule has 0 bridgehead atoms. The van der Waals surface area contributed by atoms with Crippen molar-refractivity contribution in [3.05, 3.63) is 0 Å². The van der Waals surface area contributed by atoms with E-state index in [1.807, 2.05) is 0 Å². The molecule has 0 spiro atoms. The Kier molecular flexibility index (Phi) is 5.63. The highest BCUT2D eigenvalue weighted by Gasteiger charge is 2.09. The fraction of sp³-hybridized carbons (Fsp3) is 1.00. The van der Waals surface area contributed by atoms with Crippen molar-refractivity contribution in [2.24, 2.45) is 0 Å². The van der Waals surface area contributed by atoms with Crippen LogP contribution in [0.4, 0.5) is 0 Å². The third-order valence-electron chi connectivity index (χ3n) is 0.594. The molecule has 0 aliphatic carbocycles. The van der Waals surface area contributed by atoms with Gasteiger partial charge >= 0.3 is 0 Å². The number of rotatable bonds is 1. The van der Waals surface area contributed by atoms with Gasteiger partial charge in [-0.25, -0.2) is 0 Å². The second-order valence-corrected chi connectivity index (χ2v) is 4.12. The van der Waals surface area contributed by atoms with E-state index >= 15 is 0 Å². The molecule has 0 aromatic rings. The van der Waals surface area contributed by atoms with E-state index in [0.717, 1.165) is 6.54 Å². The highest BCUT2D eigenvalue weighted by atomic mass is 79.9. The first kappa shape index (κ1) is 10.7. The van der Waals surface area contributed by atoms with Crippen molar-refractivity contribution in [2.75, 3.05) is 6.54 Å². The molecule has 0 fully saturated rings. The number of halogens is 2. The molecule has 0 unspecified atom stereocenters. The van der Waals surface area contributed by atoms with Crippen LogP contribution in [0.1, 0.15) is 13.8 Å². The zero-order chi connectivity index (χ0) is 5.21. The molecule has 46 valence electrons. The molecule has 0 aromatic heterocycles. The lowest BCUT2D eigenvalue weighted by atomic mass is 10.2. The van der Waals surface area contributed by atoms with Crippen LogP contribution in [-0.2, 0) is 0 Å². The molecule has 0 saturated heterocycles. The van der Waals surface area contributed by atoms with Gasteiger partial charge in [-0.15, -0.1) is 0 Å². The topological polar surface area (TPSA) is 27.6 Å². The molecule has 0 heterocycles. The van der Waals surface area contributed by atoms with Crippen molar-refractivity contribution in [2.45, 2.75) is 18.2 Å². The molecule has 0 saturated carbocycles. The zero-order valence-electron chi connectivity index (χ0n) is 4.67. The molecule has 0 aliphatic rings. The van der Waals surface area contributed by atoms with Gasteiger partial charge in [-0.3, -0.25) is 0 Å². The number of alkyl halides is 1. The monoisotopic (exact) mass is 187 g/mol. The van der Waals surface area contributed by atoms with Gasteiger partial charge in [-0.05, 0) is 13.8 Å². The van der Waals surface area contributed by atoms with E-state index in [4.69, 9.17) is 0 Å². The van der Waals surface area contributed by atoms with E-state index in [2.05, 4.69) is 35.5 Å². The molecule has 1 nitrogen and oxygen atoms in total. The number of hydrogen-bond acceptors (Lipinski definition) is 0. The Bertz CT molecular complexity index is 41.4. The van der Waals surface area contributed by atoms with E-state index in [0.29, 0.717) is 0 Å². The van der Waals surface area contributed by atoms with E-state index in [1.165, 1.54) is 0 Å². The van der Waals surface area contributed by atoms with Crippen LogP contribution >= 0.6 is 15.9 Å². The van der Waals surface area contributed by atoms with Crippen LogP contribution in [0, 0.1) is 0 Å². The second kappa shape index (κ2) is 3.70. The average molecular weight is 188 g/mol. The molecule has 0 radical (unpaired) electrons. The highest BCUT2D eigenvalue weighted by molar-refractivity contribution is 9.10. The van der Waals surface area contributed by atoms with Crippen molar-refractivity contribution in [1.29, 1.82) is 0 Å². The van der Waals surface area contributed by atoms with Crippen LogP contribution in [0.2, 0.25) is 0 Å². The summed E-state index contributed by atoms with van der Waals surface area (Å²) in [5.41, 5.74) is 3.71. The summed E-state index contributed by atoms with van der Waals surface area (Å²) in [6.07, 6.45) is 0. The summed E-state index contributed by atoms with van der Waals surface area (Å²) in [7, 11) is 0. The fourth-order valence-corrected chi connectivity index (χ4v) is 0. The van der Waals surface area contributed by atoms with Crippen LogP contribution in [0.3, 0.4) is 0 Å². The highest BCUT2D eigenvalue weighted by Crippen LogP contribution is 2.10. The molecule has 0 amide bonds. The Hall–Kier alpha value is 0.730. The van der Waals surface area contributed by atoms with Crippen LogP contribution in [0.5, 0.6) is 0 Å². The van der Waals surface area contributed by atoms with Gasteiger partial charge in [0.05, 0.1) is 10.9 Å². The van der Waals surface area contributed by atoms with Crippen LogP contribution in [-0.4, -0.2) is 10.9 Å². The SMILES string of the molecule is CC(C)(Br)C[NH3+].[Cl-]. The maximum Gasteiger partial charge on any atom is 0.0890 e. The summed E-state index contributed by atoms with van der Waals surface area (Å²) in [5, 5.41) is 0. The van der Waals surface area contributed by atoms with Gasteiger partial charge in [0.25, 0.3) is 0 Å². The zero-order valence-corrected chi connectivity index (χ0v) is 7.01. The maximum atomic E-state index is 3.71. The summed E-state index contributed by atoms with van der Waals surface area (Å²) in [4.78, 5) is 0. The average Bonchev–Trinajstić information content (AvgIpc) is 1.35. The molecule has 0 rings (SSSR count). The lowest BCUT2D eigenvalue weighted by molar-refractivity contribution is -0.372. The minimum absolute atomic E-state index is 0. The van der Waals surface area contributed by atoms with Gasteiger partial charge in [0, 0.05) is 0 Å². The number of hydrogen-bond donors (Lipinski definition) is 1. The van der Waals surface area contributed by atoms with Gasteiger partial charge in [-0.2, -0.15) is 0 Å². The minimum atomic E-state index is 0. The quantitative estimate of drug-likeness (QED) is 0.438. The van der Waals surface area contributed by atoms with Crippen molar-refractivity contribution >= 4 is 15.9 Å². The predicted molar refractivity (Wildman–Crippen MR) is 30.8 cm³/mol. The third kappa shape index (κ3) is 10.8. The summed E-state index contributed by atoms with van der Waals surface area (Å²) in [6, 6.07) is 0. The van der Waals surface area contributed by atoms with Gasteiger partial charge in [0.15, 0.2) is 0 Å². The lowest BCUT2D eigenvalue weighted by Gasteiger charge is -2.06. The second-order valence-electron chi connectivity index (χ2n) is 1.97. The lowest BCUT2D eigenvalue weighted by Crippen LogP contribution is -3.00. The van der Waals surface area contributed by atoms with Gasteiger partial charge in [0.2, 0.25) is 0 Å². The summed E-state index contributed by atoms with van der Waals surface area (Å²) < 4.78 is 0.243. The first-order chi connectivity index (χ1) is 2.56. The molecule has 3 heteroatoms. The predicted octanol–water partition coefficient (Wildman–Crippen LogP) is -2.59. The van der Waals surface area contributed by atoms with Gasteiger partial charge < -0.3 is 18.1 Å². The standard InChI is InChI=1S/C4H10BrN.ClH/c1-4(2,5)3-6;/h3,6H2,1-2H3;1H. The largest absolute Gasteiger partial charge is 1.00 e. The van der Waals surface area contributed by atoms with Gasteiger partial charge in [-0.1, -0.05) is 15.9 Å². The van der Waals surface area contributed by atoms with Crippen molar-refractivity contribution in [1.82, 2.24) is 0 Å². The minimum Gasteiger partial charge on any atom is -1.00 e.